The number of carbonyl (C=O) groups is 2. The van der Waals surface area contributed by atoms with Crippen LogP contribution in [0, 0.1) is 11.3 Å². The number of carbonyl (C=O) groups excluding carboxylic acids is 2. The van der Waals surface area contributed by atoms with Gasteiger partial charge in [-0.1, -0.05) is 68.3 Å². The zero-order valence-corrected chi connectivity index (χ0v) is 22.8. The Kier molecular flexibility index (Phi) is 9.26. The number of nitrogens with one attached hydrogen (secondary N) is 2. The van der Waals surface area contributed by atoms with Gasteiger partial charge in [-0.3, -0.25) is 14.9 Å². The Morgan fingerprint density at radius 3 is 2.29 bits per heavy atom. The minimum absolute atomic E-state index is 0.133. The Bertz CT molecular complexity index is 1150. The molecule has 8 heteroatoms. The molecule has 1 aliphatic carbocycles. The molecule has 2 N–H and O–H groups in total. The van der Waals surface area contributed by atoms with Gasteiger partial charge in [0.05, 0.1) is 0 Å². The third-order valence-corrected chi connectivity index (χ3v) is 7.77. The number of nitrogens with zero attached hydrogens (tertiary/aromatic N) is 4. The molecule has 0 atom stereocenters. The second-order valence-electron chi connectivity index (χ2n) is 11.5. The molecule has 1 saturated carbocycles. The average Bonchev–Trinajstić information content (AvgIpc) is 3.43. The minimum Gasteiger partial charge on any atom is -0.335 e. The molecule has 0 radical (unpaired) electrons. The molecule has 1 heterocycles. The van der Waals surface area contributed by atoms with Crippen molar-refractivity contribution >= 4 is 17.8 Å². The first kappa shape index (κ1) is 27.5. The first-order valence-electron chi connectivity index (χ1n) is 13.8. The monoisotopic (exact) mass is 516 g/mol. The summed E-state index contributed by atoms with van der Waals surface area (Å²) in [6, 6.07) is 18.1. The maximum absolute atomic E-state index is 13.5. The van der Waals surface area contributed by atoms with Gasteiger partial charge in [0.25, 0.3) is 11.9 Å². The van der Waals surface area contributed by atoms with Crippen LogP contribution in [0.3, 0.4) is 0 Å². The molecule has 202 valence electrons. The molecule has 0 bridgehead atoms. The molecule has 8 nitrogen and oxygen atoms in total. The highest BCUT2D eigenvalue weighted by molar-refractivity contribution is 6.03. The number of hydrogen-bond acceptors (Lipinski definition) is 5. The summed E-state index contributed by atoms with van der Waals surface area (Å²) >= 11 is 0. The lowest BCUT2D eigenvalue weighted by Gasteiger charge is -2.41. The fourth-order valence-electron chi connectivity index (χ4n) is 5.41. The number of aryl methyl sites for hydroxylation is 1. The van der Waals surface area contributed by atoms with E-state index in [0.717, 1.165) is 50.5 Å². The largest absolute Gasteiger partial charge is 0.335 e. The van der Waals surface area contributed by atoms with Crippen LogP contribution in [0.1, 0.15) is 87.2 Å². The lowest BCUT2D eigenvalue weighted by atomic mass is 9.71. The van der Waals surface area contributed by atoms with Crippen LogP contribution in [0.2, 0.25) is 0 Å². The van der Waals surface area contributed by atoms with Crippen LogP contribution >= 0.6 is 0 Å². The van der Waals surface area contributed by atoms with Gasteiger partial charge in [0.1, 0.15) is 0 Å². The molecule has 1 fully saturated rings. The van der Waals surface area contributed by atoms with Gasteiger partial charge < -0.3 is 4.90 Å². The summed E-state index contributed by atoms with van der Waals surface area (Å²) in [6.45, 7) is 7.53. The Morgan fingerprint density at radius 2 is 1.66 bits per heavy atom. The predicted molar refractivity (Wildman–Crippen MR) is 148 cm³/mol. The molecular formula is C30H40N6O2. The first-order chi connectivity index (χ1) is 18.3. The van der Waals surface area contributed by atoms with Crippen molar-refractivity contribution in [3.05, 3.63) is 71.3 Å². The third-order valence-electron chi connectivity index (χ3n) is 7.77. The van der Waals surface area contributed by atoms with Crippen LogP contribution in [0.15, 0.2) is 54.6 Å². The molecule has 1 aromatic heterocycles. The second kappa shape index (κ2) is 12.8. The Hall–Kier alpha value is -3.55. The molecular weight excluding hydrogens is 476 g/mol. The van der Waals surface area contributed by atoms with E-state index in [9.17, 15) is 9.59 Å². The van der Waals surface area contributed by atoms with Gasteiger partial charge in [-0.25, -0.2) is 0 Å². The Balaban J connectivity index is 1.38. The number of H-pyrrole nitrogens is 1. The summed E-state index contributed by atoms with van der Waals surface area (Å²) in [5.41, 5.74) is 3.15. The number of hydrogen-bond donors (Lipinski definition) is 2. The van der Waals surface area contributed by atoms with Crippen molar-refractivity contribution < 1.29 is 9.59 Å². The minimum atomic E-state index is -0.301. The number of amides is 2. The van der Waals surface area contributed by atoms with E-state index in [2.05, 4.69) is 75.9 Å². The van der Waals surface area contributed by atoms with E-state index >= 15 is 0 Å². The smallest absolute Gasteiger partial charge is 0.270 e. The Labute approximate surface area is 225 Å². The van der Waals surface area contributed by atoms with Crippen molar-refractivity contribution in [3.8, 4) is 0 Å². The predicted octanol–water partition coefficient (Wildman–Crippen LogP) is 5.80. The molecule has 38 heavy (non-hydrogen) atoms. The Morgan fingerprint density at radius 1 is 0.947 bits per heavy atom. The topological polar surface area (TPSA) is 104 Å². The highest BCUT2D eigenvalue weighted by Gasteiger charge is 2.33. The van der Waals surface area contributed by atoms with Crippen molar-refractivity contribution in [2.45, 2.75) is 84.7 Å². The number of benzene rings is 2. The molecule has 2 amide bonds. The zero-order chi connectivity index (χ0) is 27.0. The SMILES string of the molecule is CC(C)(C)C1CCC(N(Cc2ccc(C(=O)Nc3nn[nH]n3)cc2)C(=O)CCCCc2ccccc2)CC1. The van der Waals surface area contributed by atoms with E-state index in [4.69, 9.17) is 0 Å². The lowest BCUT2D eigenvalue weighted by molar-refractivity contribution is -0.135. The molecule has 0 unspecified atom stereocenters. The average molecular weight is 517 g/mol. The van der Waals surface area contributed by atoms with E-state index in [-0.39, 0.29) is 23.8 Å². The van der Waals surface area contributed by atoms with Crippen LogP contribution in [-0.2, 0) is 17.8 Å². The van der Waals surface area contributed by atoms with Crippen molar-refractivity contribution in [1.82, 2.24) is 25.5 Å². The summed E-state index contributed by atoms with van der Waals surface area (Å²) < 4.78 is 0. The van der Waals surface area contributed by atoms with Gasteiger partial charge in [0, 0.05) is 24.6 Å². The van der Waals surface area contributed by atoms with E-state index < -0.39 is 0 Å². The summed E-state index contributed by atoms with van der Waals surface area (Å²) in [4.78, 5) is 28.1. The maximum atomic E-state index is 13.5. The summed E-state index contributed by atoms with van der Waals surface area (Å²) in [5.74, 6) is 0.758. The van der Waals surface area contributed by atoms with Crippen LogP contribution in [0.5, 0.6) is 0 Å². The number of aromatic nitrogens is 4. The van der Waals surface area contributed by atoms with Crippen molar-refractivity contribution in [2.24, 2.45) is 11.3 Å². The molecule has 1 aliphatic rings. The zero-order valence-electron chi connectivity index (χ0n) is 22.8. The number of tetrazole rings is 1. The van der Waals surface area contributed by atoms with Crippen LogP contribution in [0.25, 0.3) is 0 Å². The number of aromatic amines is 1. The van der Waals surface area contributed by atoms with E-state index in [0.29, 0.717) is 29.9 Å². The summed E-state index contributed by atoms with van der Waals surface area (Å²) in [6.07, 6.45) is 7.85. The molecule has 2 aromatic carbocycles. The first-order valence-corrected chi connectivity index (χ1v) is 13.8. The molecule has 0 aliphatic heterocycles. The fraction of sp³-hybridized carbons (Fsp3) is 0.500. The van der Waals surface area contributed by atoms with Crippen LogP contribution < -0.4 is 5.32 Å². The van der Waals surface area contributed by atoms with E-state index in [1.807, 2.05) is 18.2 Å². The van der Waals surface area contributed by atoms with E-state index in [1.165, 1.54) is 5.56 Å². The quantitative estimate of drug-likeness (QED) is 0.332. The van der Waals surface area contributed by atoms with Crippen LogP contribution in [0.4, 0.5) is 5.95 Å². The highest BCUT2D eigenvalue weighted by atomic mass is 16.2. The standard InChI is InChI=1S/C30H40N6O2/c1-30(2,3)25-17-19-26(20-18-25)36(27(37)12-8-7-11-22-9-5-4-6-10-22)21-23-13-15-24(16-14-23)28(38)31-29-32-34-35-33-29/h4-6,9-10,13-16,25-26H,7-8,11-12,17-21H2,1-3H3,(H2,31,32,33,34,35,38). The number of rotatable bonds is 10. The van der Waals surface area contributed by atoms with Gasteiger partial charge in [-0.05, 0) is 84.8 Å². The van der Waals surface area contributed by atoms with Crippen molar-refractivity contribution in [2.75, 3.05) is 5.32 Å². The van der Waals surface area contributed by atoms with Crippen molar-refractivity contribution in [3.63, 3.8) is 0 Å². The van der Waals surface area contributed by atoms with E-state index in [1.54, 1.807) is 12.1 Å². The fourth-order valence-corrected chi connectivity index (χ4v) is 5.41. The second-order valence-corrected chi connectivity index (χ2v) is 11.5. The van der Waals surface area contributed by atoms with Gasteiger partial charge in [0.2, 0.25) is 5.91 Å². The van der Waals surface area contributed by atoms with Crippen molar-refractivity contribution in [1.29, 1.82) is 0 Å². The lowest BCUT2D eigenvalue weighted by Crippen LogP contribution is -2.43. The molecule has 0 spiro atoms. The maximum Gasteiger partial charge on any atom is 0.270 e. The van der Waals surface area contributed by atoms with Crippen LogP contribution in [-0.4, -0.2) is 43.4 Å². The van der Waals surface area contributed by atoms with Gasteiger partial charge in [-0.15, -0.1) is 5.10 Å². The molecule has 0 saturated heterocycles. The highest BCUT2D eigenvalue weighted by Crippen LogP contribution is 2.39. The summed E-state index contributed by atoms with van der Waals surface area (Å²) in [7, 11) is 0. The number of anilines is 1. The molecule has 3 aromatic rings. The molecule has 4 rings (SSSR count). The normalized spacial score (nSPS) is 17.7. The van der Waals surface area contributed by atoms with Gasteiger partial charge in [-0.2, -0.15) is 5.21 Å². The van der Waals surface area contributed by atoms with Gasteiger partial charge >= 0.3 is 0 Å². The van der Waals surface area contributed by atoms with Gasteiger partial charge in [0.15, 0.2) is 0 Å². The third kappa shape index (κ3) is 7.73. The summed E-state index contributed by atoms with van der Waals surface area (Å²) in [5, 5.41) is 15.9. The number of unbranched alkanes of at least 4 members (excludes halogenated alkanes) is 1.